The molecule has 2 aliphatic carbocycles. The van der Waals surface area contributed by atoms with E-state index in [2.05, 4.69) is 17.3 Å². The smallest absolute Gasteiger partial charge is 0.269 e. The van der Waals surface area contributed by atoms with Crippen LogP contribution in [0.25, 0.3) is 0 Å². The minimum absolute atomic E-state index is 0.00488. The van der Waals surface area contributed by atoms with E-state index in [1.165, 1.54) is 25.7 Å². The van der Waals surface area contributed by atoms with Gasteiger partial charge in [0.15, 0.2) is 0 Å². The van der Waals surface area contributed by atoms with Gasteiger partial charge in [0.1, 0.15) is 5.69 Å². The van der Waals surface area contributed by atoms with Crippen molar-refractivity contribution in [2.24, 2.45) is 24.8 Å². The lowest BCUT2D eigenvalue weighted by atomic mass is 9.84. The normalized spacial score (nSPS) is 31.6. The Balaban J connectivity index is 1.63. The molecule has 1 aromatic rings. The van der Waals surface area contributed by atoms with Crippen LogP contribution in [0.3, 0.4) is 0 Å². The molecule has 0 saturated heterocycles. The van der Waals surface area contributed by atoms with Crippen molar-refractivity contribution >= 4 is 5.91 Å². The van der Waals surface area contributed by atoms with Gasteiger partial charge in [0.05, 0.1) is 0 Å². The van der Waals surface area contributed by atoms with Crippen molar-refractivity contribution in [1.82, 2.24) is 15.1 Å². The molecule has 1 heterocycles. The van der Waals surface area contributed by atoms with Crippen LogP contribution in [0.4, 0.5) is 0 Å². The van der Waals surface area contributed by atoms with E-state index >= 15 is 0 Å². The van der Waals surface area contributed by atoms with E-state index in [1.54, 1.807) is 24.0 Å². The Morgan fingerprint density at radius 2 is 2.33 bits per heavy atom. The summed E-state index contributed by atoms with van der Waals surface area (Å²) in [5, 5.41) is 7.19. The van der Waals surface area contributed by atoms with Gasteiger partial charge >= 0.3 is 0 Å². The van der Waals surface area contributed by atoms with Crippen LogP contribution in [0.15, 0.2) is 12.3 Å². The fraction of sp³-hybridized carbons (Fsp3) is 0.714. The van der Waals surface area contributed by atoms with E-state index in [9.17, 15) is 4.79 Å². The van der Waals surface area contributed by atoms with Crippen LogP contribution >= 0.6 is 0 Å². The number of carbonyl (C=O) groups excluding carboxylic acids is 1. The van der Waals surface area contributed by atoms with Crippen molar-refractivity contribution in [3.8, 4) is 0 Å². The summed E-state index contributed by atoms with van der Waals surface area (Å²) in [6, 6.07) is 2.05. The summed E-state index contributed by atoms with van der Waals surface area (Å²) in [6.45, 7) is 2.15. The molecule has 0 aromatic carbocycles. The Kier molecular flexibility index (Phi) is 2.88. The lowest BCUT2D eigenvalue weighted by molar-refractivity contribution is 0.0905. The highest BCUT2D eigenvalue weighted by atomic mass is 16.2. The van der Waals surface area contributed by atoms with Crippen molar-refractivity contribution in [3.63, 3.8) is 0 Å². The van der Waals surface area contributed by atoms with Gasteiger partial charge in [-0.2, -0.15) is 5.10 Å². The second kappa shape index (κ2) is 4.41. The van der Waals surface area contributed by atoms with Gasteiger partial charge in [-0.1, -0.05) is 6.42 Å². The predicted molar refractivity (Wildman–Crippen MR) is 69.1 cm³/mol. The second-order valence-corrected chi connectivity index (χ2v) is 5.94. The summed E-state index contributed by atoms with van der Waals surface area (Å²) < 4.78 is 1.63. The number of rotatable bonds is 3. The fourth-order valence-electron chi connectivity index (χ4n) is 3.89. The maximum atomic E-state index is 12.1. The van der Waals surface area contributed by atoms with E-state index in [1.807, 2.05) is 0 Å². The lowest BCUT2D eigenvalue weighted by Gasteiger charge is -2.28. The van der Waals surface area contributed by atoms with Gasteiger partial charge in [-0.25, -0.2) is 0 Å². The van der Waals surface area contributed by atoms with Crippen LogP contribution in [0.5, 0.6) is 0 Å². The molecule has 1 amide bonds. The Morgan fingerprint density at radius 3 is 2.89 bits per heavy atom. The molecule has 3 rings (SSSR count). The maximum absolute atomic E-state index is 12.1. The van der Waals surface area contributed by atoms with Gasteiger partial charge in [-0.3, -0.25) is 9.48 Å². The molecule has 0 spiro atoms. The largest absolute Gasteiger partial charge is 0.348 e. The minimum Gasteiger partial charge on any atom is -0.348 e. The maximum Gasteiger partial charge on any atom is 0.269 e. The molecule has 2 saturated carbocycles. The molecule has 4 heteroatoms. The highest BCUT2D eigenvalue weighted by Gasteiger charge is 2.42. The third-order valence-electron chi connectivity index (χ3n) is 4.85. The number of fused-ring (bicyclic) bond motifs is 2. The van der Waals surface area contributed by atoms with Crippen molar-refractivity contribution in [1.29, 1.82) is 0 Å². The second-order valence-electron chi connectivity index (χ2n) is 5.94. The van der Waals surface area contributed by atoms with E-state index in [-0.39, 0.29) is 11.9 Å². The zero-order chi connectivity index (χ0) is 12.7. The molecule has 1 aromatic heterocycles. The quantitative estimate of drug-likeness (QED) is 0.887. The summed E-state index contributed by atoms with van der Waals surface area (Å²) in [7, 11) is 1.80. The third kappa shape index (κ3) is 1.93. The van der Waals surface area contributed by atoms with Crippen molar-refractivity contribution in [2.45, 2.75) is 38.6 Å². The van der Waals surface area contributed by atoms with Crippen molar-refractivity contribution in [2.75, 3.05) is 0 Å². The highest BCUT2D eigenvalue weighted by molar-refractivity contribution is 5.92. The Labute approximate surface area is 108 Å². The van der Waals surface area contributed by atoms with Crippen LogP contribution in [-0.2, 0) is 7.05 Å². The number of aromatic nitrogens is 2. The molecule has 0 aliphatic heterocycles. The molecule has 4 nitrogen and oxygen atoms in total. The molecule has 98 valence electrons. The fourth-order valence-corrected chi connectivity index (χ4v) is 3.89. The van der Waals surface area contributed by atoms with E-state index < -0.39 is 0 Å². The molecule has 4 unspecified atom stereocenters. The summed E-state index contributed by atoms with van der Waals surface area (Å²) >= 11 is 0. The standard InChI is InChI=1S/C14H21N3O/c1-9(12-8-10-3-4-11(12)7-10)16-14(18)13-5-6-15-17(13)2/h5-6,9-12H,3-4,7-8H2,1-2H3,(H,16,18). The monoisotopic (exact) mass is 247 g/mol. The van der Waals surface area contributed by atoms with Gasteiger partial charge in [0, 0.05) is 19.3 Å². The molecule has 4 atom stereocenters. The minimum atomic E-state index is 0.00488. The van der Waals surface area contributed by atoms with Gasteiger partial charge in [-0.05, 0) is 50.0 Å². The zero-order valence-electron chi connectivity index (χ0n) is 11.1. The number of hydrogen-bond donors (Lipinski definition) is 1. The van der Waals surface area contributed by atoms with E-state index in [0.29, 0.717) is 11.6 Å². The Bertz CT molecular complexity index is 454. The first-order valence-corrected chi connectivity index (χ1v) is 6.94. The lowest BCUT2D eigenvalue weighted by Crippen LogP contribution is -2.40. The molecule has 2 fully saturated rings. The third-order valence-corrected chi connectivity index (χ3v) is 4.85. The average Bonchev–Trinajstić information content (AvgIpc) is 3.03. The number of nitrogens with one attached hydrogen (secondary N) is 1. The van der Waals surface area contributed by atoms with Crippen molar-refractivity contribution < 1.29 is 4.79 Å². The van der Waals surface area contributed by atoms with Crippen LogP contribution in [0.2, 0.25) is 0 Å². The van der Waals surface area contributed by atoms with E-state index in [0.717, 1.165) is 11.8 Å². The summed E-state index contributed by atoms with van der Waals surface area (Å²) in [6.07, 6.45) is 7.12. The SMILES string of the molecule is CC(NC(=O)c1ccnn1C)C1CC2CCC1C2. The average molecular weight is 247 g/mol. The molecule has 0 radical (unpaired) electrons. The summed E-state index contributed by atoms with van der Waals surface area (Å²) in [5.74, 6) is 2.46. The van der Waals surface area contributed by atoms with Crippen molar-refractivity contribution in [3.05, 3.63) is 18.0 Å². The molecule has 1 N–H and O–H groups in total. The molecular formula is C14H21N3O. The first-order valence-electron chi connectivity index (χ1n) is 6.94. The number of carbonyl (C=O) groups is 1. The highest BCUT2D eigenvalue weighted by Crippen LogP contribution is 2.49. The van der Waals surface area contributed by atoms with Gasteiger partial charge < -0.3 is 5.32 Å². The van der Waals surface area contributed by atoms with Gasteiger partial charge in [0.25, 0.3) is 5.91 Å². The van der Waals surface area contributed by atoms with Gasteiger partial charge in [-0.15, -0.1) is 0 Å². The zero-order valence-corrected chi connectivity index (χ0v) is 11.1. The molecule has 2 bridgehead atoms. The first-order chi connectivity index (χ1) is 8.65. The first kappa shape index (κ1) is 11.8. The number of amides is 1. The van der Waals surface area contributed by atoms with Crippen LogP contribution in [-0.4, -0.2) is 21.7 Å². The van der Waals surface area contributed by atoms with Crippen LogP contribution < -0.4 is 5.32 Å². The predicted octanol–water partition coefficient (Wildman–Crippen LogP) is 1.97. The van der Waals surface area contributed by atoms with Crippen LogP contribution in [0.1, 0.15) is 43.1 Å². The molecular weight excluding hydrogens is 226 g/mol. The Morgan fingerprint density at radius 1 is 1.50 bits per heavy atom. The number of nitrogens with zero attached hydrogens (tertiary/aromatic N) is 2. The van der Waals surface area contributed by atoms with E-state index in [4.69, 9.17) is 0 Å². The van der Waals surface area contributed by atoms with Crippen LogP contribution in [0, 0.1) is 17.8 Å². The number of aryl methyl sites for hydroxylation is 1. The topological polar surface area (TPSA) is 46.9 Å². The Hall–Kier alpha value is -1.32. The summed E-state index contributed by atoms with van der Waals surface area (Å²) in [5.41, 5.74) is 0.644. The summed E-state index contributed by atoms with van der Waals surface area (Å²) in [4.78, 5) is 12.1. The van der Waals surface area contributed by atoms with Gasteiger partial charge in [0.2, 0.25) is 0 Å². The molecule has 18 heavy (non-hydrogen) atoms. The number of hydrogen-bond acceptors (Lipinski definition) is 2. The molecule has 2 aliphatic rings.